The summed E-state index contributed by atoms with van der Waals surface area (Å²) in [6, 6.07) is 5.16. The topological polar surface area (TPSA) is 105 Å². The van der Waals surface area contributed by atoms with Crippen molar-refractivity contribution >= 4 is 11.8 Å². The molecule has 0 saturated carbocycles. The van der Waals surface area contributed by atoms with Crippen molar-refractivity contribution in [3.63, 3.8) is 0 Å². The molecule has 2 amide bonds. The fourth-order valence-corrected chi connectivity index (χ4v) is 2.20. The van der Waals surface area contributed by atoms with Gasteiger partial charge < -0.3 is 24.6 Å². The Labute approximate surface area is 133 Å². The number of aliphatic hydroxyl groups is 1. The minimum absolute atomic E-state index is 0.148. The average molecular weight is 320 g/mol. The Balaban J connectivity index is 1.71. The second-order valence-corrected chi connectivity index (χ2v) is 5.19. The van der Waals surface area contributed by atoms with Crippen molar-refractivity contribution in [2.75, 3.05) is 6.54 Å². The van der Waals surface area contributed by atoms with Crippen LogP contribution in [0, 0.1) is 13.8 Å². The van der Waals surface area contributed by atoms with Crippen LogP contribution in [-0.4, -0.2) is 23.5 Å². The van der Waals surface area contributed by atoms with Crippen LogP contribution in [0.3, 0.4) is 0 Å². The fraction of sp³-hybridized carbons (Fsp3) is 0.375. The second kappa shape index (κ2) is 7.64. The van der Waals surface area contributed by atoms with E-state index in [-0.39, 0.29) is 19.5 Å². The summed E-state index contributed by atoms with van der Waals surface area (Å²) in [5.74, 6) is 0.442. The van der Waals surface area contributed by atoms with Crippen LogP contribution in [0.2, 0.25) is 0 Å². The van der Waals surface area contributed by atoms with Gasteiger partial charge in [-0.05, 0) is 38.5 Å². The smallest absolute Gasteiger partial charge is 0.309 e. The molecular formula is C16H20N2O5. The molecule has 0 bridgehead atoms. The molecule has 2 rings (SSSR count). The SMILES string of the molecule is Cc1cc(C(O)CCNC(=O)C(=O)NCc2ccco2)c(C)o1. The number of amides is 2. The molecule has 1 atom stereocenters. The van der Waals surface area contributed by atoms with Crippen molar-refractivity contribution in [1.29, 1.82) is 0 Å². The molecule has 1 unspecified atom stereocenters. The Hall–Kier alpha value is -2.54. The average Bonchev–Trinajstić information content (AvgIpc) is 3.13. The third-order valence-electron chi connectivity index (χ3n) is 3.35. The van der Waals surface area contributed by atoms with Gasteiger partial charge >= 0.3 is 11.8 Å². The standard InChI is InChI=1S/C16H20N2O5/c1-10-8-13(11(2)23-10)14(19)5-6-17-15(20)16(21)18-9-12-4-3-7-22-12/h3-4,7-8,14,19H,5-6,9H2,1-2H3,(H,17,20)(H,18,21). The maximum Gasteiger partial charge on any atom is 0.309 e. The molecule has 0 aromatic carbocycles. The summed E-state index contributed by atoms with van der Waals surface area (Å²) < 4.78 is 10.4. The fourth-order valence-electron chi connectivity index (χ4n) is 2.20. The highest BCUT2D eigenvalue weighted by molar-refractivity contribution is 6.35. The molecular weight excluding hydrogens is 300 g/mol. The Kier molecular flexibility index (Phi) is 5.59. The van der Waals surface area contributed by atoms with E-state index in [1.54, 1.807) is 32.0 Å². The Morgan fingerprint density at radius 3 is 2.61 bits per heavy atom. The van der Waals surface area contributed by atoms with Gasteiger partial charge in [-0.1, -0.05) is 0 Å². The molecule has 2 aromatic heterocycles. The quantitative estimate of drug-likeness (QED) is 0.697. The molecule has 3 N–H and O–H groups in total. The second-order valence-electron chi connectivity index (χ2n) is 5.19. The van der Waals surface area contributed by atoms with Crippen LogP contribution in [0.1, 0.15) is 35.4 Å². The summed E-state index contributed by atoms with van der Waals surface area (Å²) in [6.07, 6.45) is 1.03. The molecule has 0 aliphatic rings. The maximum absolute atomic E-state index is 11.6. The van der Waals surface area contributed by atoms with Crippen LogP contribution < -0.4 is 10.6 Å². The van der Waals surface area contributed by atoms with Crippen LogP contribution in [0.15, 0.2) is 33.3 Å². The van der Waals surface area contributed by atoms with Gasteiger partial charge in [-0.2, -0.15) is 0 Å². The first-order valence-electron chi connectivity index (χ1n) is 7.30. The molecule has 0 radical (unpaired) electrons. The lowest BCUT2D eigenvalue weighted by Crippen LogP contribution is -2.40. The van der Waals surface area contributed by atoms with Crippen molar-refractivity contribution in [2.45, 2.75) is 32.9 Å². The van der Waals surface area contributed by atoms with Crippen molar-refractivity contribution in [2.24, 2.45) is 0 Å². The Bertz CT molecular complexity index is 660. The minimum atomic E-state index is -0.751. The van der Waals surface area contributed by atoms with Gasteiger partial charge in [0.1, 0.15) is 17.3 Å². The van der Waals surface area contributed by atoms with E-state index in [9.17, 15) is 14.7 Å². The van der Waals surface area contributed by atoms with Crippen molar-refractivity contribution in [1.82, 2.24) is 10.6 Å². The monoisotopic (exact) mass is 320 g/mol. The van der Waals surface area contributed by atoms with Gasteiger partial charge in [-0.3, -0.25) is 9.59 Å². The zero-order chi connectivity index (χ0) is 16.8. The molecule has 7 heteroatoms. The van der Waals surface area contributed by atoms with Crippen LogP contribution in [0.4, 0.5) is 0 Å². The Morgan fingerprint density at radius 1 is 1.26 bits per heavy atom. The molecule has 0 aliphatic carbocycles. The number of hydrogen-bond donors (Lipinski definition) is 3. The van der Waals surface area contributed by atoms with Crippen LogP contribution in [0.25, 0.3) is 0 Å². The summed E-state index contributed by atoms with van der Waals surface area (Å²) in [5.41, 5.74) is 0.694. The Morgan fingerprint density at radius 2 is 2.00 bits per heavy atom. The molecule has 0 aliphatic heterocycles. The predicted molar refractivity (Wildman–Crippen MR) is 81.3 cm³/mol. The molecule has 124 valence electrons. The molecule has 23 heavy (non-hydrogen) atoms. The van der Waals surface area contributed by atoms with Gasteiger partial charge in [0.15, 0.2) is 0 Å². The number of nitrogens with one attached hydrogen (secondary N) is 2. The molecule has 0 fully saturated rings. The number of hydrogen-bond acceptors (Lipinski definition) is 5. The summed E-state index contributed by atoms with van der Waals surface area (Å²) in [7, 11) is 0. The van der Waals surface area contributed by atoms with Gasteiger partial charge in [0, 0.05) is 12.1 Å². The van der Waals surface area contributed by atoms with E-state index in [4.69, 9.17) is 8.83 Å². The largest absolute Gasteiger partial charge is 0.467 e. The van der Waals surface area contributed by atoms with E-state index < -0.39 is 17.9 Å². The number of carbonyl (C=O) groups is 2. The first-order valence-corrected chi connectivity index (χ1v) is 7.30. The zero-order valence-electron chi connectivity index (χ0n) is 13.1. The van der Waals surface area contributed by atoms with Crippen molar-refractivity contribution < 1.29 is 23.5 Å². The van der Waals surface area contributed by atoms with E-state index in [2.05, 4.69) is 10.6 Å². The van der Waals surface area contributed by atoms with E-state index >= 15 is 0 Å². The molecule has 2 aromatic rings. The summed E-state index contributed by atoms with van der Waals surface area (Å²) >= 11 is 0. The molecule has 7 nitrogen and oxygen atoms in total. The van der Waals surface area contributed by atoms with Crippen molar-refractivity contribution in [3.8, 4) is 0 Å². The highest BCUT2D eigenvalue weighted by atomic mass is 16.3. The minimum Gasteiger partial charge on any atom is -0.467 e. The maximum atomic E-state index is 11.6. The van der Waals surface area contributed by atoms with Gasteiger partial charge in [-0.15, -0.1) is 0 Å². The number of furan rings is 2. The number of rotatable bonds is 6. The first-order chi connectivity index (χ1) is 11.0. The van der Waals surface area contributed by atoms with Gasteiger partial charge in [0.25, 0.3) is 0 Å². The van der Waals surface area contributed by atoms with E-state index in [0.29, 0.717) is 17.1 Å². The summed E-state index contributed by atoms with van der Waals surface area (Å²) in [6.45, 7) is 3.90. The summed E-state index contributed by atoms with van der Waals surface area (Å²) in [5, 5.41) is 15.0. The summed E-state index contributed by atoms with van der Waals surface area (Å²) in [4.78, 5) is 23.2. The van der Waals surface area contributed by atoms with E-state index in [0.717, 1.165) is 5.76 Å². The van der Waals surface area contributed by atoms with Gasteiger partial charge in [0.2, 0.25) is 0 Å². The highest BCUT2D eigenvalue weighted by Gasteiger charge is 2.17. The third-order valence-corrected chi connectivity index (χ3v) is 3.35. The number of aliphatic hydroxyl groups excluding tert-OH is 1. The van der Waals surface area contributed by atoms with Gasteiger partial charge in [0.05, 0.1) is 18.9 Å². The van der Waals surface area contributed by atoms with Crippen molar-refractivity contribution in [3.05, 3.63) is 47.3 Å². The lowest BCUT2D eigenvalue weighted by atomic mass is 10.1. The van der Waals surface area contributed by atoms with Crippen LogP contribution in [0.5, 0.6) is 0 Å². The highest BCUT2D eigenvalue weighted by Crippen LogP contribution is 2.23. The van der Waals surface area contributed by atoms with Crippen LogP contribution >= 0.6 is 0 Å². The predicted octanol–water partition coefficient (Wildman–Crippen LogP) is 1.35. The van der Waals surface area contributed by atoms with E-state index in [1.807, 2.05) is 0 Å². The van der Waals surface area contributed by atoms with Gasteiger partial charge in [-0.25, -0.2) is 0 Å². The first kappa shape index (κ1) is 16.8. The van der Waals surface area contributed by atoms with Crippen LogP contribution in [-0.2, 0) is 16.1 Å². The lowest BCUT2D eigenvalue weighted by Gasteiger charge is -2.10. The number of aryl methyl sites for hydroxylation is 2. The lowest BCUT2D eigenvalue weighted by molar-refractivity contribution is -0.139. The molecule has 2 heterocycles. The third kappa shape index (κ3) is 4.72. The molecule has 0 spiro atoms. The normalized spacial score (nSPS) is 12.0. The zero-order valence-corrected chi connectivity index (χ0v) is 13.1. The number of carbonyl (C=O) groups excluding carboxylic acids is 2. The van der Waals surface area contributed by atoms with E-state index in [1.165, 1.54) is 6.26 Å². The molecule has 0 saturated heterocycles.